The first kappa shape index (κ1) is 19.3. The monoisotopic (exact) mass is 380 g/mol. The minimum Gasteiger partial charge on any atom is -0.374 e. The Morgan fingerprint density at radius 1 is 1.11 bits per heavy atom. The molecule has 1 heterocycles. The highest BCUT2D eigenvalue weighted by molar-refractivity contribution is 7.17. The molecule has 27 heavy (non-hydrogen) atoms. The number of aryl methyl sites for hydroxylation is 1. The largest absolute Gasteiger partial charge is 0.374 e. The summed E-state index contributed by atoms with van der Waals surface area (Å²) in [5, 5.41) is 3.84. The zero-order chi connectivity index (χ0) is 19.1. The van der Waals surface area contributed by atoms with E-state index >= 15 is 0 Å². The summed E-state index contributed by atoms with van der Waals surface area (Å²) in [5.41, 5.74) is 2.97. The van der Waals surface area contributed by atoms with E-state index in [0.29, 0.717) is 18.0 Å². The van der Waals surface area contributed by atoms with Gasteiger partial charge in [-0.25, -0.2) is 4.98 Å². The van der Waals surface area contributed by atoms with Gasteiger partial charge in [0.2, 0.25) is 0 Å². The molecular weight excluding hydrogens is 356 g/mol. The van der Waals surface area contributed by atoms with Crippen LogP contribution in [0.5, 0.6) is 0 Å². The molecule has 3 aromatic rings. The predicted octanol–water partition coefficient (Wildman–Crippen LogP) is 5.02. The number of nitrogens with one attached hydrogen (secondary N) is 1. The van der Waals surface area contributed by atoms with Crippen molar-refractivity contribution in [1.29, 1.82) is 0 Å². The van der Waals surface area contributed by atoms with E-state index in [9.17, 15) is 4.79 Å². The Bertz CT molecular complexity index is 863. The van der Waals surface area contributed by atoms with Gasteiger partial charge in [-0.05, 0) is 25.8 Å². The summed E-state index contributed by atoms with van der Waals surface area (Å²) in [5.74, 6) is -0.0664. The number of ether oxygens (including phenoxy) is 1. The molecule has 0 radical (unpaired) electrons. The lowest BCUT2D eigenvalue weighted by atomic mass is 10.1. The number of nitrogens with zero attached hydrogens (tertiary/aromatic N) is 1. The SMILES string of the molecule is Cc1nc(-c2ccccc2)sc1C(=O)NCCCOC(C)c1ccccc1. The van der Waals surface area contributed by atoms with Crippen LogP contribution in [0, 0.1) is 6.92 Å². The molecule has 1 N–H and O–H groups in total. The second-order valence-electron chi connectivity index (χ2n) is 6.33. The summed E-state index contributed by atoms with van der Waals surface area (Å²) < 4.78 is 5.84. The van der Waals surface area contributed by atoms with Crippen molar-refractivity contribution < 1.29 is 9.53 Å². The maximum Gasteiger partial charge on any atom is 0.263 e. The molecule has 140 valence electrons. The number of hydrogen-bond donors (Lipinski definition) is 1. The van der Waals surface area contributed by atoms with Crippen LogP contribution < -0.4 is 5.32 Å². The number of amides is 1. The van der Waals surface area contributed by atoms with Gasteiger partial charge in [0.25, 0.3) is 5.91 Å². The highest BCUT2D eigenvalue weighted by Gasteiger charge is 2.15. The maximum atomic E-state index is 12.4. The van der Waals surface area contributed by atoms with Gasteiger partial charge in [0.1, 0.15) is 9.88 Å². The molecule has 1 atom stereocenters. The van der Waals surface area contributed by atoms with Crippen molar-refractivity contribution in [1.82, 2.24) is 10.3 Å². The van der Waals surface area contributed by atoms with Crippen LogP contribution >= 0.6 is 11.3 Å². The number of benzene rings is 2. The first-order valence-corrected chi connectivity index (χ1v) is 9.94. The highest BCUT2D eigenvalue weighted by Crippen LogP contribution is 2.27. The molecule has 0 aliphatic carbocycles. The molecular formula is C22H24N2O2S. The molecule has 3 rings (SSSR count). The van der Waals surface area contributed by atoms with Crippen LogP contribution in [-0.2, 0) is 4.74 Å². The number of aromatic nitrogens is 1. The van der Waals surface area contributed by atoms with Crippen LogP contribution in [-0.4, -0.2) is 24.0 Å². The van der Waals surface area contributed by atoms with Crippen molar-refractivity contribution in [2.45, 2.75) is 26.4 Å². The van der Waals surface area contributed by atoms with Crippen molar-refractivity contribution in [3.8, 4) is 10.6 Å². The summed E-state index contributed by atoms with van der Waals surface area (Å²) in [6.45, 7) is 5.10. The number of carbonyl (C=O) groups is 1. The van der Waals surface area contributed by atoms with Gasteiger partial charge < -0.3 is 10.1 Å². The summed E-state index contributed by atoms with van der Waals surface area (Å²) >= 11 is 1.43. The second kappa shape index (κ2) is 9.44. The average molecular weight is 381 g/mol. The topological polar surface area (TPSA) is 51.2 Å². The zero-order valence-corrected chi connectivity index (χ0v) is 16.5. The van der Waals surface area contributed by atoms with E-state index in [1.54, 1.807) is 0 Å². The Labute approximate surface area is 164 Å². The van der Waals surface area contributed by atoms with Crippen LogP contribution in [0.2, 0.25) is 0 Å². The molecule has 5 heteroatoms. The Hall–Kier alpha value is -2.50. The fourth-order valence-electron chi connectivity index (χ4n) is 2.75. The van der Waals surface area contributed by atoms with E-state index in [4.69, 9.17) is 4.74 Å². The quantitative estimate of drug-likeness (QED) is 0.559. The minimum absolute atomic E-state index is 0.0547. The van der Waals surface area contributed by atoms with Crippen LogP contribution in [0.3, 0.4) is 0 Å². The number of carbonyl (C=O) groups excluding carboxylic acids is 1. The third kappa shape index (κ3) is 5.25. The lowest BCUT2D eigenvalue weighted by Gasteiger charge is -2.13. The Kier molecular flexibility index (Phi) is 6.74. The first-order chi connectivity index (χ1) is 13.1. The van der Waals surface area contributed by atoms with Crippen LogP contribution in [0.4, 0.5) is 0 Å². The van der Waals surface area contributed by atoms with Crippen molar-refractivity contribution in [3.05, 3.63) is 76.8 Å². The number of rotatable bonds is 8. The predicted molar refractivity (Wildman–Crippen MR) is 110 cm³/mol. The van der Waals surface area contributed by atoms with Crippen LogP contribution in [0.25, 0.3) is 10.6 Å². The van der Waals surface area contributed by atoms with E-state index < -0.39 is 0 Å². The molecule has 1 aromatic heterocycles. The first-order valence-electron chi connectivity index (χ1n) is 9.12. The maximum absolute atomic E-state index is 12.4. The molecule has 4 nitrogen and oxygen atoms in total. The minimum atomic E-state index is -0.0664. The van der Waals surface area contributed by atoms with E-state index in [-0.39, 0.29) is 12.0 Å². The van der Waals surface area contributed by atoms with E-state index in [1.165, 1.54) is 11.3 Å². The van der Waals surface area contributed by atoms with Crippen molar-refractivity contribution in [2.24, 2.45) is 0 Å². The third-order valence-electron chi connectivity index (χ3n) is 4.27. The van der Waals surface area contributed by atoms with Gasteiger partial charge in [0.15, 0.2) is 0 Å². The standard InChI is InChI=1S/C22H24N2O2S/c1-16-20(27-22(24-16)19-12-7-4-8-13-19)21(25)23-14-9-15-26-17(2)18-10-5-3-6-11-18/h3-8,10-13,17H,9,14-15H2,1-2H3,(H,23,25). The molecule has 0 spiro atoms. The Morgan fingerprint density at radius 3 is 2.48 bits per heavy atom. The summed E-state index contributed by atoms with van der Waals surface area (Å²) in [6.07, 6.45) is 0.825. The summed E-state index contributed by atoms with van der Waals surface area (Å²) in [4.78, 5) is 17.7. The van der Waals surface area contributed by atoms with Crippen LogP contribution in [0.1, 0.15) is 40.4 Å². The molecule has 0 fully saturated rings. The van der Waals surface area contributed by atoms with Gasteiger partial charge in [-0.2, -0.15) is 0 Å². The normalized spacial score (nSPS) is 11.9. The lowest BCUT2D eigenvalue weighted by molar-refractivity contribution is 0.0635. The van der Waals surface area contributed by atoms with Gasteiger partial charge in [0.05, 0.1) is 11.8 Å². The second-order valence-corrected chi connectivity index (χ2v) is 7.33. The van der Waals surface area contributed by atoms with E-state index in [0.717, 1.165) is 28.2 Å². The Morgan fingerprint density at radius 2 is 1.78 bits per heavy atom. The molecule has 0 saturated carbocycles. The van der Waals surface area contributed by atoms with Gasteiger partial charge in [-0.1, -0.05) is 60.7 Å². The highest BCUT2D eigenvalue weighted by atomic mass is 32.1. The number of thiazole rings is 1. The smallest absolute Gasteiger partial charge is 0.263 e. The molecule has 0 bridgehead atoms. The average Bonchev–Trinajstić information content (AvgIpc) is 3.10. The molecule has 0 saturated heterocycles. The molecule has 1 amide bonds. The van der Waals surface area contributed by atoms with E-state index in [1.807, 2.05) is 62.4 Å². The van der Waals surface area contributed by atoms with Crippen molar-refractivity contribution in [3.63, 3.8) is 0 Å². The third-order valence-corrected chi connectivity index (χ3v) is 5.47. The van der Waals surface area contributed by atoms with Gasteiger partial charge in [-0.15, -0.1) is 11.3 Å². The van der Waals surface area contributed by atoms with Gasteiger partial charge in [0, 0.05) is 18.7 Å². The zero-order valence-electron chi connectivity index (χ0n) is 15.6. The van der Waals surface area contributed by atoms with E-state index in [2.05, 4.69) is 22.4 Å². The fraction of sp³-hybridized carbons (Fsp3) is 0.273. The van der Waals surface area contributed by atoms with Gasteiger partial charge >= 0.3 is 0 Å². The number of hydrogen-bond acceptors (Lipinski definition) is 4. The molecule has 0 aliphatic heterocycles. The molecule has 0 aliphatic rings. The van der Waals surface area contributed by atoms with Gasteiger partial charge in [-0.3, -0.25) is 4.79 Å². The summed E-state index contributed by atoms with van der Waals surface area (Å²) in [7, 11) is 0. The molecule has 2 aromatic carbocycles. The lowest BCUT2D eigenvalue weighted by Crippen LogP contribution is -2.25. The molecule has 1 unspecified atom stereocenters. The van der Waals surface area contributed by atoms with Crippen molar-refractivity contribution >= 4 is 17.2 Å². The summed E-state index contributed by atoms with van der Waals surface area (Å²) in [6, 6.07) is 20.1. The van der Waals surface area contributed by atoms with Crippen molar-refractivity contribution in [2.75, 3.05) is 13.2 Å². The Balaban J connectivity index is 1.45. The van der Waals surface area contributed by atoms with Crippen LogP contribution in [0.15, 0.2) is 60.7 Å². The fourth-order valence-corrected chi connectivity index (χ4v) is 3.73.